The number of hydrogen-bond donors (Lipinski definition) is 0. The molecule has 0 aliphatic rings. The maximum Gasteiger partial charge on any atom is 0.251 e. The smallest absolute Gasteiger partial charge is 0.251 e. The molecule has 1 unspecified atom stereocenters. The van der Waals surface area contributed by atoms with Crippen LogP contribution in [0.5, 0.6) is 0 Å². The van der Waals surface area contributed by atoms with E-state index in [0.717, 1.165) is 0 Å². The lowest BCUT2D eigenvalue weighted by molar-refractivity contribution is -0.139. The summed E-state index contributed by atoms with van der Waals surface area (Å²) in [6.07, 6.45) is -0.0627. The summed E-state index contributed by atoms with van der Waals surface area (Å²) < 4.78 is 4.84. The molecule has 0 saturated heterocycles. The van der Waals surface area contributed by atoms with Crippen molar-refractivity contribution in [3.8, 4) is 6.07 Å². The Bertz CT molecular complexity index is 186. The van der Waals surface area contributed by atoms with Crippen LogP contribution in [0.15, 0.2) is 0 Å². The minimum absolute atomic E-state index is 0.0900. The summed E-state index contributed by atoms with van der Waals surface area (Å²) >= 11 is 0. The van der Waals surface area contributed by atoms with Gasteiger partial charge in [-0.1, -0.05) is 0 Å². The highest BCUT2D eigenvalue weighted by Gasteiger charge is 2.15. The SMILES string of the molecule is COC(C)C(=O)N(C)CCC#N. The number of carbonyl (C=O) groups is 1. The molecule has 12 heavy (non-hydrogen) atoms. The zero-order valence-corrected chi connectivity index (χ0v) is 7.70. The molecule has 0 saturated carbocycles. The third kappa shape index (κ3) is 3.35. The van der Waals surface area contributed by atoms with Crippen molar-refractivity contribution in [2.75, 3.05) is 20.7 Å². The van der Waals surface area contributed by atoms with Crippen LogP contribution in [0.4, 0.5) is 0 Å². The zero-order valence-electron chi connectivity index (χ0n) is 7.70. The second kappa shape index (κ2) is 5.56. The van der Waals surface area contributed by atoms with E-state index in [-0.39, 0.29) is 5.91 Å². The van der Waals surface area contributed by atoms with Crippen molar-refractivity contribution in [2.24, 2.45) is 0 Å². The number of hydrogen-bond acceptors (Lipinski definition) is 3. The van der Waals surface area contributed by atoms with Crippen LogP contribution in [0.3, 0.4) is 0 Å². The van der Waals surface area contributed by atoms with E-state index in [9.17, 15) is 4.79 Å². The van der Waals surface area contributed by atoms with Gasteiger partial charge in [-0.15, -0.1) is 0 Å². The van der Waals surface area contributed by atoms with E-state index in [4.69, 9.17) is 10.00 Å². The van der Waals surface area contributed by atoms with E-state index in [2.05, 4.69) is 0 Å². The molecule has 1 atom stereocenters. The molecule has 4 nitrogen and oxygen atoms in total. The van der Waals surface area contributed by atoms with Gasteiger partial charge in [0.25, 0.3) is 5.91 Å². The summed E-state index contributed by atoms with van der Waals surface area (Å²) in [5.74, 6) is -0.0900. The van der Waals surface area contributed by atoms with Gasteiger partial charge in [0.2, 0.25) is 0 Å². The number of ether oxygens (including phenoxy) is 1. The van der Waals surface area contributed by atoms with E-state index in [0.29, 0.717) is 13.0 Å². The molecule has 0 spiro atoms. The van der Waals surface area contributed by atoms with Gasteiger partial charge in [0.1, 0.15) is 6.10 Å². The van der Waals surface area contributed by atoms with Crippen molar-refractivity contribution in [3.63, 3.8) is 0 Å². The molecule has 0 fully saturated rings. The first-order chi connectivity index (χ1) is 5.63. The van der Waals surface area contributed by atoms with Gasteiger partial charge in [0.15, 0.2) is 0 Å². The number of likely N-dealkylation sites (N-methyl/N-ethyl adjacent to an activating group) is 1. The van der Waals surface area contributed by atoms with Gasteiger partial charge in [-0.25, -0.2) is 0 Å². The third-order valence-corrected chi connectivity index (χ3v) is 1.64. The highest BCUT2D eigenvalue weighted by Crippen LogP contribution is 1.96. The summed E-state index contributed by atoms with van der Waals surface area (Å²) in [6.45, 7) is 2.15. The number of amides is 1. The van der Waals surface area contributed by atoms with Crippen molar-refractivity contribution in [1.82, 2.24) is 4.90 Å². The van der Waals surface area contributed by atoms with E-state index >= 15 is 0 Å². The fourth-order valence-corrected chi connectivity index (χ4v) is 0.739. The van der Waals surface area contributed by atoms with E-state index < -0.39 is 6.10 Å². The Morgan fingerprint density at radius 2 is 2.33 bits per heavy atom. The van der Waals surface area contributed by atoms with Crippen LogP contribution in [0.25, 0.3) is 0 Å². The molecule has 0 aliphatic carbocycles. The van der Waals surface area contributed by atoms with Crippen LogP contribution in [0.1, 0.15) is 13.3 Å². The molecule has 0 aromatic rings. The average molecular weight is 170 g/mol. The molecule has 1 amide bonds. The molecule has 0 rings (SSSR count). The fraction of sp³-hybridized carbons (Fsp3) is 0.750. The molecule has 0 aromatic heterocycles. The standard InChI is InChI=1S/C8H14N2O2/c1-7(12-3)8(11)10(2)6-4-5-9/h7H,4,6H2,1-3H3. The number of carbonyl (C=O) groups excluding carboxylic acids is 1. The summed E-state index contributed by atoms with van der Waals surface area (Å²) in [6, 6.07) is 1.98. The van der Waals surface area contributed by atoms with Crippen LogP contribution >= 0.6 is 0 Å². The number of rotatable bonds is 4. The van der Waals surface area contributed by atoms with E-state index in [1.54, 1.807) is 14.0 Å². The second-order valence-corrected chi connectivity index (χ2v) is 2.55. The predicted molar refractivity (Wildman–Crippen MR) is 44.3 cm³/mol. The maximum atomic E-state index is 11.3. The van der Waals surface area contributed by atoms with Crippen LogP contribution in [-0.2, 0) is 9.53 Å². The molecule has 0 aromatic carbocycles. The monoisotopic (exact) mass is 170 g/mol. The first kappa shape index (κ1) is 10.9. The first-order valence-corrected chi connectivity index (χ1v) is 3.78. The molecular formula is C8H14N2O2. The highest BCUT2D eigenvalue weighted by atomic mass is 16.5. The molecular weight excluding hydrogens is 156 g/mol. The Morgan fingerprint density at radius 1 is 1.75 bits per heavy atom. The van der Waals surface area contributed by atoms with Crippen molar-refractivity contribution in [2.45, 2.75) is 19.4 Å². The molecule has 4 heteroatoms. The lowest BCUT2D eigenvalue weighted by Crippen LogP contribution is -2.36. The van der Waals surface area contributed by atoms with Crippen molar-refractivity contribution in [3.05, 3.63) is 0 Å². The van der Waals surface area contributed by atoms with Gasteiger partial charge in [0, 0.05) is 20.7 Å². The van der Waals surface area contributed by atoms with Gasteiger partial charge in [-0.05, 0) is 6.92 Å². The van der Waals surface area contributed by atoms with Crippen LogP contribution in [0.2, 0.25) is 0 Å². The molecule has 0 radical (unpaired) electrons. The normalized spacial score (nSPS) is 11.8. The molecule has 0 N–H and O–H groups in total. The Labute approximate surface area is 72.7 Å². The van der Waals surface area contributed by atoms with Gasteiger partial charge in [0.05, 0.1) is 12.5 Å². The van der Waals surface area contributed by atoms with E-state index in [1.165, 1.54) is 12.0 Å². The quantitative estimate of drug-likeness (QED) is 0.613. The lowest BCUT2D eigenvalue weighted by atomic mass is 10.3. The molecule has 68 valence electrons. The summed E-state index contributed by atoms with van der Waals surface area (Å²) in [4.78, 5) is 12.8. The summed E-state index contributed by atoms with van der Waals surface area (Å²) in [5, 5.41) is 8.27. The Balaban J connectivity index is 3.85. The van der Waals surface area contributed by atoms with Gasteiger partial charge < -0.3 is 9.64 Å². The van der Waals surface area contributed by atoms with Gasteiger partial charge >= 0.3 is 0 Å². The number of methoxy groups -OCH3 is 1. The van der Waals surface area contributed by atoms with Crippen molar-refractivity contribution >= 4 is 5.91 Å². The zero-order chi connectivity index (χ0) is 9.56. The molecule has 0 heterocycles. The van der Waals surface area contributed by atoms with Crippen LogP contribution in [-0.4, -0.2) is 37.6 Å². The predicted octanol–water partition coefficient (Wildman–Crippen LogP) is 0.393. The summed E-state index contributed by atoms with van der Waals surface area (Å²) in [5.41, 5.74) is 0. The second-order valence-electron chi connectivity index (χ2n) is 2.55. The Kier molecular flexibility index (Phi) is 5.06. The largest absolute Gasteiger partial charge is 0.372 e. The third-order valence-electron chi connectivity index (χ3n) is 1.64. The molecule has 0 aliphatic heterocycles. The number of nitrogens with zero attached hydrogens (tertiary/aromatic N) is 2. The fourth-order valence-electron chi connectivity index (χ4n) is 0.739. The first-order valence-electron chi connectivity index (χ1n) is 3.78. The minimum atomic E-state index is -0.423. The Hall–Kier alpha value is -1.08. The lowest BCUT2D eigenvalue weighted by Gasteiger charge is -2.18. The highest BCUT2D eigenvalue weighted by molar-refractivity contribution is 5.80. The Morgan fingerprint density at radius 3 is 2.75 bits per heavy atom. The molecule has 0 bridgehead atoms. The van der Waals surface area contributed by atoms with Crippen molar-refractivity contribution < 1.29 is 9.53 Å². The van der Waals surface area contributed by atoms with Gasteiger partial charge in [-0.3, -0.25) is 4.79 Å². The topological polar surface area (TPSA) is 53.3 Å². The maximum absolute atomic E-state index is 11.3. The average Bonchev–Trinajstić information content (AvgIpc) is 2.11. The van der Waals surface area contributed by atoms with Crippen molar-refractivity contribution in [1.29, 1.82) is 5.26 Å². The van der Waals surface area contributed by atoms with E-state index in [1.807, 2.05) is 6.07 Å². The van der Waals surface area contributed by atoms with Crippen LogP contribution in [0, 0.1) is 11.3 Å². The van der Waals surface area contributed by atoms with Crippen LogP contribution < -0.4 is 0 Å². The number of nitriles is 1. The minimum Gasteiger partial charge on any atom is -0.372 e. The summed E-state index contributed by atoms with van der Waals surface area (Å²) in [7, 11) is 3.15. The van der Waals surface area contributed by atoms with Gasteiger partial charge in [-0.2, -0.15) is 5.26 Å².